The summed E-state index contributed by atoms with van der Waals surface area (Å²) in [5.41, 5.74) is 0.104. The van der Waals surface area contributed by atoms with Gasteiger partial charge in [-0.15, -0.1) is 0 Å². The minimum atomic E-state index is -0.312. The second-order valence-electron chi connectivity index (χ2n) is 3.36. The van der Waals surface area contributed by atoms with E-state index < -0.39 is 0 Å². The van der Waals surface area contributed by atoms with Gasteiger partial charge in [0, 0.05) is 5.41 Å². The van der Waals surface area contributed by atoms with Gasteiger partial charge in [0.05, 0.1) is 0 Å². The summed E-state index contributed by atoms with van der Waals surface area (Å²) in [6.07, 6.45) is 0. The normalized spacial score (nSPS) is 25.5. The van der Waals surface area contributed by atoms with E-state index in [-0.39, 0.29) is 11.2 Å². The zero-order valence-electron chi connectivity index (χ0n) is 5.82. The molecule has 0 saturated carbocycles. The van der Waals surface area contributed by atoms with Crippen LogP contribution in [0.15, 0.2) is 0 Å². The summed E-state index contributed by atoms with van der Waals surface area (Å²) < 4.78 is 0. The highest BCUT2D eigenvalue weighted by Gasteiger charge is 2.53. The van der Waals surface area contributed by atoms with E-state index in [1.807, 2.05) is 6.92 Å². The van der Waals surface area contributed by atoms with Gasteiger partial charge in [0.2, 0.25) is 5.79 Å². The van der Waals surface area contributed by atoms with Crippen molar-refractivity contribution in [3.8, 4) is 0 Å². The largest absolute Gasteiger partial charge is 0.236 e. The van der Waals surface area contributed by atoms with Crippen LogP contribution >= 0.6 is 0 Å². The van der Waals surface area contributed by atoms with Crippen LogP contribution in [0.3, 0.4) is 0 Å². The monoisotopic (exact) mass is 116 g/mol. The zero-order chi connectivity index (χ0) is 6.41. The lowest BCUT2D eigenvalue weighted by atomic mass is 9.88. The quantitative estimate of drug-likeness (QED) is 0.355. The fraction of sp³-hybridized carbons (Fsp3) is 1.00. The summed E-state index contributed by atoms with van der Waals surface area (Å²) in [4.78, 5) is 9.52. The Balaban J connectivity index is 2.58. The average molecular weight is 116 g/mol. The van der Waals surface area contributed by atoms with Crippen LogP contribution in [-0.2, 0) is 9.78 Å². The van der Waals surface area contributed by atoms with Gasteiger partial charge in [-0.25, -0.2) is 0 Å². The Bertz CT molecular complexity index is 94.3. The Morgan fingerprint density at radius 1 is 1.12 bits per heavy atom. The molecule has 0 radical (unpaired) electrons. The number of rotatable bonds is 0. The van der Waals surface area contributed by atoms with Crippen LogP contribution in [0.5, 0.6) is 0 Å². The highest BCUT2D eigenvalue weighted by molar-refractivity contribution is 4.82. The van der Waals surface area contributed by atoms with E-state index in [4.69, 9.17) is 9.78 Å². The van der Waals surface area contributed by atoms with Crippen molar-refractivity contribution in [1.82, 2.24) is 0 Å². The highest BCUT2D eigenvalue weighted by atomic mass is 17.4. The van der Waals surface area contributed by atoms with E-state index in [1.165, 1.54) is 0 Å². The molecule has 2 heteroatoms. The Labute approximate surface area is 49.7 Å². The molecule has 0 aromatic carbocycles. The van der Waals surface area contributed by atoms with Gasteiger partial charge in [0.25, 0.3) is 0 Å². The first-order valence-electron chi connectivity index (χ1n) is 2.82. The van der Waals surface area contributed by atoms with Gasteiger partial charge in [-0.3, -0.25) is 0 Å². The molecule has 1 fully saturated rings. The number of hydrogen-bond donors (Lipinski definition) is 0. The summed E-state index contributed by atoms with van der Waals surface area (Å²) in [5, 5.41) is 0. The summed E-state index contributed by atoms with van der Waals surface area (Å²) in [6.45, 7) is 8.19. The first kappa shape index (κ1) is 6.05. The van der Waals surface area contributed by atoms with Gasteiger partial charge in [0.15, 0.2) is 0 Å². The third-order valence-electron chi connectivity index (χ3n) is 1.70. The summed E-state index contributed by atoms with van der Waals surface area (Å²) >= 11 is 0. The maximum absolute atomic E-state index is 4.76. The minimum absolute atomic E-state index is 0.104. The van der Waals surface area contributed by atoms with Crippen molar-refractivity contribution in [2.75, 3.05) is 0 Å². The Kier molecular flexibility index (Phi) is 0.946. The van der Waals surface area contributed by atoms with E-state index in [0.717, 1.165) is 0 Å². The molecule has 0 atom stereocenters. The van der Waals surface area contributed by atoms with Crippen LogP contribution in [0.25, 0.3) is 0 Å². The van der Waals surface area contributed by atoms with Crippen molar-refractivity contribution in [1.29, 1.82) is 0 Å². The standard InChI is InChI=1S/C6H12O2/c1-5(2,3)6(4)7-8-6/h1-4H3. The highest BCUT2D eigenvalue weighted by Crippen LogP contribution is 2.44. The lowest BCUT2D eigenvalue weighted by molar-refractivity contribution is 0.0850. The molecule has 0 N–H and O–H groups in total. The molecule has 0 amide bonds. The molecule has 0 aromatic heterocycles. The van der Waals surface area contributed by atoms with Gasteiger partial charge in [-0.2, -0.15) is 9.78 Å². The van der Waals surface area contributed by atoms with Gasteiger partial charge in [0.1, 0.15) is 0 Å². The third-order valence-corrected chi connectivity index (χ3v) is 1.70. The van der Waals surface area contributed by atoms with E-state index in [9.17, 15) is 0 Å². The molecule has 0 spiro atoms. The molecule has 0 unspecified atom stereocenters. The molecule has 0 bridgehead atoms. The first-order chi connectivity index (χ1) is 3.46. The third kappa shape index (κ3) is 0.740. The molecule has 0 aliphatic carbocycles. The first-order valence-corrected chi connectivity index (χ1v) is 2.82. The van der Waals surface area contributed by atoms with Crippen molar-refractivity contribution < 1.29 is 9.78 Å². The Morgan fingerprint density at radius 3 is 1.50 bits per heavy atom. The van der Waals surface area contributed by atoms with E-state index >= 15 is 0 Å². The summed E-state index contributed by atoms with van der Waals surface area (Å²) in [6, 6.07) is 0. The molecular formula is C6H12O2. The maximum Gasteiger partial charge on any atom is 0.236 e. The van der Waals surface area contributed by atoms with E-state index in [2.05, 4.69) is 20.8 Å². The van der Waals surface area contributed by atoms with Crippen LogP contribution in [0, 0.1) is 5.41 Å². The smallest absolute Gasteiger partial charge is 0.195 e. The summed E-state index contributed by atoms with van der Waals surface area (Å²) in [5.74, 6) is -0.312. The van der Waals surface area contributed by atoms with Crippen LogP contribution in [0.4, 0.5) is 0 Å². The fourth-order valence-corrected chi connectivity index (χ4v) is 0.313. The van der Waals surface area contributed by atoms with Crippen LogP contribution in [0.1, 0.15) is 27.7 Å². The zero-order valence-corrected chi connectivity index (χ0v) is 5.82. The van der Waals surface area contributed by atoms with Crippen molar-refractivity contribution in [3.63, 3.8) is 0 Å². The van der Waals surface area contributed by atoms with Gasteiger partial charge in [-0.1, -0.05) is 20.8 Å². The fourth-order valence-electron chi connectivity index (χ4n) is 0.313. The number of hydrogen-bond acceptors (Lipinski definition) is 2. The Morgan fingerprint density at radius 2 is 1.50 bits per heavy atom. The Hall–Kier alpha value is -0.0800. The molecule has 48 valence electrons. The lowest BCUT2D eigenvalue weighted by Crippen LogP contribution is -2.25. The molecule has 1 aliphatic heterocycles. The van der Waals surface area contributed by atoms with Crippen LogP contribution < -0.4 is 0 Å². The maximum atomic E-state index is 4.76. The van der Waals surface area contributed by atoms with Gasteiger partial charge >= 0.3 is 0 Å². The topological polar surface area (TPSA) is 25.1 Å². The average Bonchev–Trinajstić information content (AvgIpc) is 2.16. The lowest BCUT2D eigenvalue weighted by Gasteiger charge is -2.17. The molecular weight excluding hydrogens is 104 g/mol. The SMILES string of the molecule is CC(C)(C)C1(C)OO1. The summed E-state index contributed by atoms with van der Waals surface area (Å²) in [7, 11) is 0. The minimum Gasteiger partial charge on any atom is -0.195 e. The van der Waals surface area contributed by atoms with Gasteiger partial charge < -0.3 is 0 Å². The van der Waals surface area contributed by atoms with E-state index in [0.29, 0.717) is 0 Å². The molecule has 8 heavy (non-hydrogen) atoms. The molecule has 1 aliphatic rings. The second kappa shape index (κ2) is 1.25. The molecule has 0 aromatic rings. The van der Waals surface area contributed by atoms with E-state index in [1.54, 1.807) is 0 Å². The van der Waals surface area contributed by atoms with Crippen LogP contribution in [0.2, 0.25) is 0 Å². The molecule has 1 heterocycles. The van der Waals surface area contributed by atoms with Crippen molar-refractivity contribution >= 4 is 0 Å². The molecule has 2 nitrogen and oxygen atoms in total. The molecule has 1 rings (SSSR count). The predicted molar refractivity (Wildman–Crippen MR) is 30.0 cm³/mol. The second-order valence-corrected chi connectivity index (χ2v) is 3.36. The molecule has 1 saturated heterocycles. The predicted octanol–water partition coefficient (Wildman–Crippen LogP) is 1.71. The van der Waals surface area contributed by atoms with Crippen LogP contribution in [-0.4, -0.2) is 5.79 Å². The van der Waals surface area contributed by atoms with Crippen molar-refractivity contribution in [3.05, 3.63) is 0 Å². The van der Waals surface area contributed by atoms with Crippen molar-refractivity contribution in [2.45, 2.75) is 33.5 Å². The van der Waals surface area contributed by atoms with Crippen molar-refractivity contribution in [2.24, 2.45) is 5.41 Å². The van der Waals surface area contributed by atoms with Gasteiger partial charge in [-0.05, 0) is 6.92 Å².